The number of piperidine rings is 1. The SMILES string of the molecule is CC(C)(C)OC(=O)N(Cc1ccccc1)c1nc(SC2CCN(C(=O)O)CC2)cn2c(C3CC3)cnc12. The summed E-state index contributed by atoms with van der Waals surface area (Å²) >= 11 is 1.64. The number of hydrogen-bond donors (Lipinski definition) is 1. The predicted molar refractivity (Wildman–Crippen MR) is 142 cm³/mol. The maximum Gasteiger partial charge on any atom is 0.416 e. The summed E-state index contributed by atoms with van der Waals surface area (Å²) in [6.07, 6.45) is 6.33. The maximum absolute atomic E-state index is 13.5. The molecule has 196 valence electrons. The number of aromatic nitrogens is 3. The molecule has 1 aliphatic heterocycles. The topological polar surface area (TPSA) is 100 Å². The van der Waals surface area contributed by atoms with Crippen molar-refractivity contribution < 1.29 is 19.4 Å². The van der Waals surface area contributed by atoms with E-state index in [1.807, 2.05) is 63.5 Å². The van der Waals surface area contributed by atoms with E-state index in [1.165, 1.54) is 4.90 Å². The highest BCUT2D eigenvalue weighted by Crippen LogP contribution is 2.42. The summed E-state index contributed by atoms with van der Waals surface area (Å²) in [5.74, 6) is 0.934. The molecule has 1 aliphatic carbocycles. The molecule has 1 saturated heterocycles. The highest BCUT2D eigenvalue weighted by Gasteiger charge is 2.32. The van der Waals surface area contributed by atoms with Crippen LogP contribution in [0.4, 0.5) is 15.4 Å². The van der Waals surface area contributed by atoms with E-state index in [0.29, 0.717) is 37.0 Å². The van der Waals surface area contributed by atoms with Crippen LogP contribution < -0.4 is 4.90 Å². The van der Waals surface area contributed by atoms with Gasteiger partial charge in [-0.15, -0.1) is 11.8 Å². The third-order valence-electron chi connectivity index (χ3n) is 6.53. The van der Waals surface area contributed by atoms with E-state index in [9.17, 15) is 14.7 Å². The van der Waals surface area contributed by atoms with Crippen molar-refractivity contribution >= 4 is 35.4 Å². The van der Waals surface area contributed by atoms with Crippen molar-refractivity contribution in [1.82, 2.24) is 19.3 Å². The number of nitrogens with zero attached hydrogens (tertiary/aromatic N) is 5. The summed E-state index contributed by atoms with van der Waals surface area (Å²) < 4.78 is 7.89. The van der Waals surface area contributed by atoms with Gasteiger partial charge in [0.25, 0.3) is 0 Å². The van der Waals surface area contributed by atoms with E-state index >= 15 is 0 Å². The number of carbonyl (C=O) groups excluding carboxylic acids is 1. The molecular formula is C27H33N5O4S. The molecule has 0 atom stereocenters. The molecule has 10 heteroatoms. The largest absolute Gasteiger partial charge is 0.465 e. The van der Waals surface area contributed by atoms with Crippen LogP contribution >= 0.6 is 11.8 Å². The molecule has 1 aromatic carbocycles. The molecule has 37 heavy (non-hydrogen) atoms. The van der Waals surface area contributed by atoms with Gasteiger partial charge in [0.15, 0.2) is 11.5 Å². The van der Waals surface area contributed by atoms with E-state index in [0.717, 1.165) is 42.0 Å². The number of fused-ring (bicyclic) bond motifs is 1. The lowest BCUT2D eigenvalue weighted by Gasteiger charge is -2.30. The third-order valence-corrected chi connectivity index (χ3v) is 7.77. The lowest BCUT2D eigenvalue weighted by Crippen LogP contribution is -2.38. The number of thioether (sulfide) groups is 1. The van der Waals surface area contributed by atoms with Gasteiger partial charge in [-0.25, -0.2) is 19.6 Å². The van der Waals surface area contributed by atoms with Crippen molar-refractivity contribution in [2.24, 2.45) is 0 Å². The zero-order valence-electron chi connectivity index (χ0n) is 21.5. The van der Waals surface area contributed by atoms with Crippen LogP contribution in [0.1, 0.15) is 63.6 Å². The number of imidazole rings is 1. The van der Waals surface area contributed by atoms with Gasteiger partial charge >= 0.3 is 12.2 Å². The molecule has 2 fully saturated rings. The first-order valence-electron chi connectivity index (χ1n) is 12.7. The smallest absolute Gasteiger partial charge is 0.416 e. The Morgan fingerprint density at radius 3 is 2.46 bits per heavy atom. The number of benzene rings is 1. The molecule has 3 heterocycles. The van der Waals surface area contributed by atoms with E-state index in [1.54, 1.807) is 16.7 Å². The zero-order valence-corrected chi connectivity index (χ0v) is 22.3. The Labute approximate surface area is 220 Å². The number of amides is 2. The van der Waals surface area contributed by atoms with Crippen molar-refractivity contribution in [3.05, 3.63) is 54.0 Å². The van der Waals surface area contributed by atoms with Crippen LogP contribution in [0.3, 0.4) is 0 Å². The van der Waals surface area contributed by atoms with Gasteiger partial charge in [0.05, 0.1) is 6.54 Å². The maximum atomic E-state index is 13.5. The molecule has 2 aromatic heterocycles. The third kappa shape index (κ3) is 6.01. The van der Waals surface area contributed by atoms with Crippen molar-refractivity contribution in [3.63, 3.8) is 0 Å². The minimum Gasteiger partial charge on any atom is -0.465 e. The standard InChI is InChI=1S/C27H33N5O4S/c1-27(2,3)36-26(35)32(16-18-7-5-4-6-8-18)24-23-28-15-21(19-9-10-19)31(23)17-22(29-24)37-20-11-13-30(14-12-20)25(33)34/h4-8,15,17,19-20H,9-14,16H2,1-3H3,(H,33,34). The van der Waals surface area contributed by atoms with Crippen molar-refractivity contribution in [2.75, 3.05) is 18.0 Å². The lowest BCUT2D eigenvalue weighted by atomic mass is 10.1. The summed E-state index contributed by atoms with van der Waals surface area (Å²) in [5, 5.41) is 10.3. The summed E-state index contributed by atoms with van der Waals surface area (Å²) in [5.41, 5.74) is 2.06. The monoisotopic (exact) mass is 523 g/mol. The molecule has 0 radical (unpaired) electrons. The Bertz CT molecular complexity index is 1280. The second-order valence-corrected chi connectivity index (χ2v) is 12.0. The molecule has 2 amide bonds. The fourth-order valence-corrected chi connectivity index (χ4v) is 5.63. The second-order valence-electron chi connectivity index (χ2n) is 10.7. The first-order valence-corrected chi connectivity index (χ1v) is 13.6. The van der Waals surface area contributed by atoms with E-state index in [2.05, 4.69) is 4.40 Å². The van der Waals surface area contributed by atoms with Crippen molar-refractivity contribution in [1.29, 1.82) is 0 Å². The van der Waals surface area contributed by atoms with Gasteiger partial charge in [-0.05, 0) is 52.0 Å². The Morgan fingerprint density at radius 1 is 1.14 bits per heavy atom. The molecule has 1 N–H and O–H groups in total. The van der Waals surface area contributed by atoms with E-state index in [4.69, 9.17) is 14.7 Å². The predicted octanol–water partition coefficient (Wildman–Crippen LogP) is 5.78. The van der Waals surface area contributed by atoms with E-state index in [-0.39, 0.29) is 5.25 Å². The number of hydrogen-bond acceptors (Lipinski definition) is 6. The molecule has 9 nitrogen and oxygen atoms in total. The van der Waals surface area contributed by atoms with Gasteiger partial charge in [-0.1, -0.05) is 30.3 Å². The van der Waals surface area contributed by atoms with Crippen LogP contribution in [0.25, 0.3) is 5.65 Å². The highest BCUT2D eigenvalue weighted by atomic mass is 32.2. The average molecular weight is 524 g/mol. The van der Waals surface area contributed by atoms with E-state index < -0.39 is 17.8 Å². The lowest BCUT2D eigenvalue weighted by molar-refractivity contribution is 0.0576. The van der Waals surface area contributed by atoms with Crippen molar-refractivity contribution in [2.45, 2.75) is 74.8 Å². The van der Waals surface area contributed by atoms with Gasteiger partial charge < -0.3 is 14.7 Å². The Balaban J connectivity index is 1.52. The Hall–Kier alpha value is -3.27. The number of likely N-dealkylation sites (tertiary alicyclic amines) is 1. The van der Waals surface area contributed by atoms with Crippen LogP contribution in [0.5, 0.6) is 0 Å². The van der Waals surface area contributed by atoms with Gasteiger partial charge in [0.2, 0.25) is 0 Å². The molecule has 3 aromatic rings. The number of carboxylic acid groups (broad SMARTS) is 1. The Morgan fingerprint density at radius 2 is 1.84 bits per heavy atom. The number of rotatable bonds is 6. The number of ether oxygens (including phenoxy) is 1. The first kappa shape index (κ1) is 25.4. The average Bonchev–Trinajstić information content (AvgIpc) is 3.61. The highest BCUT2D eigenvalue weighted by molar-refractivity contribution is 7.99. The fraction of sp³-hybridized carbons (Fsp3) is 0.481. The van der Waals surface area contributed by atoms with Crippen molar-refractivity contribution in [3.8, 4) is 0 Å². The van der Waals surface area contributed by atoms with Crippen LogP contribution in [0.15, 0.2) is 47.8 Å². The van der Waals surface area contributed by atoms with Gasteiger partial charge in [-0.2, -0.15) is 0 Å². The Kier molecular flexibility index (Phi) is 7.02. The summed E-state index contributed by atoms with van der Waals surface area (Å²) in [7, 11) is 0. The minimum atomic E-state index is -0.869. The summed E-state index contributed by atoms with van der Waals surface area (Å²) in [6, 6.07) is 9.79. The molecule has 0 unspecified atom stereocenters. The molecular weight excluding hydrogens is 490 g/mol. The van der Waals surface area contributed by atoms with Gasteiger partial charge in [0, 0.05) is 42.3 Å². The quantitative estimate of drug-likeness (QED) is 0.437. The van der Waals surface area contributed by atoms with Crippen LogP contribution in [-0.4, -0.2) is 60.5 Å². The molecule has 0 spiro atoms. The zero-order chi connectivity index (χ0) is 26.2. The molecule has 0 bridgehead atoms. The molecule has 1 saturated carbocycles. The van der Waals surface area contributed by atoms with Crippen LogP contribution in [-0.2, 0) is 11.3 Å². The molecule has 5 rings (SSSR count). The van der Waals surface area contributed by atoms with Gasteiger partial charge in [0.1, 0.15) is 10.6 Å². The van der Waals surface area contributed by atoms with Crippen LogP contribution in [0, 0.1) is 0 Å². The minimum absolute atomic E-state index is 0.241. The summed E-state index contributed by atoms with van der Waals surface area (Å²) in [4.78, 5) is 37.6. The summed E-state index contributed by atoms with van der Waals surface area (Å²) in [6.45, 7) is 6.88. The second kappa shape index (κ2) is 10.2. The number of carbonyl (C=O) groups is 2. The fourth-order valence-electron chi connectivity index (χ4n) is 4.53. The van der Waals surface area contributed by atoms with Gasteiger partial charge in [-0.3, -0.25) is 9.30 Å². The molecule has 2 aliphatic rings. The van der Waals surface area contributed by atoms with Crippen LogP contribution in [0.2, 0.25) is 0 Å². The normalized spacial score (nSPS) is 16.7. The number of anilines is 1. The first-order chi connectivity index (χ1) is 17.7.